The van der Waals surface area contributed by atoms with Crippen LogP contribution in [0.1, 0.15) is 12.0 Å². The van der Waals surface area contributed by atoms with Gasteiger partial charge < -0.3 is 14.2 Å². The number of benzene rings is 1. The molecule has 0 radical (unpaired) electrons. The molecule has 92 valence electrons. The van der Waals surface area contributed by atoms with Crippen molar-refractivity contribution < 1.29 is 19.0 Å². The lowest BCUT2D eigenvalue weighted by molar-refractivity contribution is -0.149. The van der Waals surface area contributed by atoms with Crippen molar-refractivity contribution in [3.63, 3.8) is 0 Å². The Morgan fingerprint density at radius 2 is 2.29 bits per heavy atom. The van der Waals surface area contributed by atoms with Crippen LogP contribution in [0.15, 0.2) is 24.3 Å². The summed E-state index contributed by atoms with van der Waals surface area (Å²) in [5.74, 6) is 0.445. The summed E-state index contributed by atoms with van der Waals surface area (Å²) >= 11 is 0. The van der Waals surface area contributed by atoms with E-state index in [1.54, 1.807) is 7.11 Å². The van der Waals surface area contributed by atoms with Gasteiger partial charge >= 0.3 is 5.97 Å². The minimum Gasteiger partial charge on any atom is -0.496 e. The molecule has 2 rings (SSSR count). The standard InChI is InChI=1S/C13H16O4/c1-15-12-5-3-2-4-10(12)9-17-13(14)11-6-7-16-8-11/h2-5,11H,6-9H2,1H3. The van der Waals surface area contributed by atoms with E-state index in [0.717, 1.165) is 17.7 Å². The van der Waals surface area contributed by atoms with E-state index in [0.29, 0.717) is 13.2 Å². The zero-order valence-corrected chi connectivity index (χ0v) is 9.85. The molecule has 1 aromatic carbocycles. The van der Waals surface area contributed by atoms with Crippen molar-refractivity contribution in [1.82, 2.24) is 0 Å². The minimum absolute atomic E-state index is 0.107. The van der Waals surface area contributed by atoms with Crippen LogP contribution in [-0.4, -0.2) is 26.3 Å². The Bertz CT molecular complexity index is 383. The fourth-order valence-electron chi connectivity index (χ4n) is 1.81. The van der Waals surface area contributed by atoms with E-state index in [-0.39, 0.29) is 18.5 Å². The monoisotopic (exact) mass is 236 g/mol. The van der Waals surface area contributed by atoms with Gasteiger partial charge in [-0.05, 0) is 12.5 Å². The number of para-hydroxylation sites is 1. The highest BCUT2D eigenvalue weighted by Gasteiger charge is 2.25. The molecule has 1 aromatic rings. The molecule has 1 heterocycles. The van der Waals surface area contributed by atoms with E-state index < -0.39 is 0 Å². The van der Waals surface area contributed by atoms with Gasteiger partial charge in [0.25, 0.3) is 0 Å². The minimum atomic E-state index is -0.187. The van der Waals surface area contributed by atoms with Crippen LogP contribution in [0.2, 0.25) is 0 Å². The molecule has 1 aliphatic rings. The summed E-state index contributed by atoms with van der Waals surface area (Å²) in [7, 11) is 1.60. The first kappa shape index (κ1) is 11.9. The van der Waals surface area contributed by atoms with Gasteiger partial charge in [-0.1, -0.05) is 18.2 Å². The Morgan fingerprint density at radius 1 is 1.47 bits per heavy atom. The second-order valence-corrected chi connectivity index (χ2v) is 3.98. The van der Waals surface area contributed by atoms with Crippen LogP contribution < -0.4 is 4.74 Å². The van der Waals surface area contributed by atoms with Gasteiger partial charge in [0.15, 0.2) is 0 Å². The van der Waals surface area contributed by atoms with Crippen molar-refractivity contribution in [2.24, 2.45) is 5.92 Å². The predicted octanol–water partition coefficient (Wildman–Crippen LogP) is 1.77. The quantitative estimate of drug-likeness (QED) is 0.747. The highest BCUT2D eigenvalue weighted by molar-refractivity contribution is 5.72. The SMILES string of the molecule is COc1ccccc1COC(=O)C1CCOC1. The zero-order valence-electron chi connectivity index (χ0n) is 9.85. The molecule has 4 heteroatoms. The molecule has 0 spiro atoms. The van der Waals surface area contributed by atoms with Gasteiger partial charge in [0, 0.05) is 12.2 Å². The molecule has 0 amide bonds. The number of rotatable bonds is 4. The maximum absolute atomic E-state index is 11.7. The van der Waals surface area contributed by atoms with Gasteiger partial charge in [0.2, 0.25) is 0 Å². The topological polar surface area (TPSA) is 44.8 Å². The second kappa shape index (κ2) is 5.68. The highest BCUT2D eigenvalue weighted by Crippen LogP contribution is 2.20. The van der Waals surface area contributed by atoms with Crippen molar-refractivity contribution in [3.8, 4) is 5.75 Å². The van der Waals surface area contributed by atoms with Crippen molar-refractivity contribution in [2.45, 2.75) is 13.0 Å². The average Bonchev–Trinajstić information content (AvgIpc) is 2.90. The van der Waals surface area contributed by atoms with Crippen molar-refractivity contribution in [3.05, 3.63) is 29.8 Å². The zero-order chi connectivity index (χ0) is 12.1. The molecule has 0 aliphatic carbocycles. The van der Waals surface area contributed by atoms with Crippen molar-refractivity contribution in [1.29, 1.82) is 0 Å². The lowest BCUT2D eigenvalue weighted by Gasteiger charge is -2.11. The van der Waals surface area contributed by atoms with E-state index in [1.807, 2.05) is 24.3 Å². The number of carbonyl (C=O) groups excluding carboxylic acids is 1. The second-order valence-electron chi connectivity index (χ2n) is 3.98. The molecule has 0 saturated carbocycles. The Hall–Kier alpha value is -1.55. The van der Waals surface area contributed by atoms with Crippen LogP contribution in [0.4, 0.5) is 0 Å². The fraction of sp³-hybridized carbons (Fsp3) is 0.462. The van der Waals surface area contributed by atoms with Crippen LogP contribution in [0, 0.1) is 5.92 Å². The first-order valence-corrected chi connectivity index (χ1v) is 5.67. The largest absolute Gasteiger partial charge is 0.496 e. The normalized spacial score (nSPS) is 19.0. The molecule has 0 N–H and O–H groups in total. The molecule has 4 nitrogen and oxygen atoms in total. The first-order chi connectivity index (χ1) is 8.31. The van der Waals surface area contributed by atoms with E-state index in [9.17, 15) is 4.79 Å². The van der Waals surface area contributed by atoms with Gasteiger partial charge in [-0.2, -0.15) is 0 Å². The van der Waals surface area contributed by atoms with Crippen LogP contribution in [-0.2, 0) is 20.9 Å². The summed E-state index contributed by atoms with van der Waals surface area (Å²) < 4.78 is 15.6. The molecule has 1 fully saturated rings. The summed E-state index contributed by atoms with van der Waals surface area (Å²) in [6.45, 7) is 1.37. The Kier molecular flexibility index (Phi) is 3.98. The van der Waals surface area contributed by atoms with Gasteiger partial charge in [-0.25, -0.2) is 0 Å². The van der Waals surface area contributed by atoms with Gasteiger partial charge in [0.05, 0.1) is 19.6 Å². The maximum Gasteiger partial charge on any atom is 0.311 e. The summed E-state index contributed by atoms with van der Waals surface area (Å²) in [5.41, 5.74) is 0.877. The lowest BCUT2D eigenvalue weighted by Crippen LogP contribution is -2.17. The lowest BCUT2D eigenvalue weighted by atomic mass is 10.1. The molecular weight excluding hydrogens is 220 g/mol. The van der Waals surface area contributed by atoms with Crippen LogP contribution in [0.3, 0.4) is 0 Å². The maximum atomic E-state index is 11.7. The summed E-state index contributed by atoms with van der Waals surface area (Å²) in [6.07, 6.45) is 0.755. The van der Waals surface area contributed by atoms with E-state index in [4.69, 9.17) is 14.2 Å². The smallest absolute Gasteiger partial charge is 0.311 e. The van der Waals surface area contributed by atoms with Crippen LogP contribution in [0.5, 0.6) is 5.75 Å². The molecule has 0 aromatic heterocycles. The number of ether oxygens (including phenoxy) is 3. The molecule has 1 saturated heterocycles. The fourth-order valence-corrected chi connectivity index (χ4v) is 1.81. The Labute approximate surface area is 100 Å². The molecule has 1 aliphatic heterocycles. The predicted molar refractivity (Wildman–Crippen MR) is 61.7 cm³/mol. The molecule has 0 bridgehead atoms. The number of hydrogen-bond donors (Lipinski definition) is 0. The average molecular weight is 236 g/mol. The van der Waals surface area contributed by atoms with Gasteiger partial charge in [-0.3, -0.25) is 4.79 Å². The molecular formula is C13H16O4. The third kappa shape index (κ3) is 2.97. The van der Waals surface area contributed by atoms with Crippen LogP contribution in [0.25, 0.3) is 0 Å². The molecule has 1 unspecified atom stereocenters. The van der Waals surface area contributed by atoms with Crippen molar-refractivity contribution in [2.75, 3.05) is 20.3 Å². The summed E-state index contributed by atoms with van der Waals surface area (Å²) in [5, 5.41) is 0. The van der Waals surface area contributed by atoms with Crippen LogP contribution >= 0.6 is 0 Å². The Balaban J connectivity index is 1.90. The number of carbonyl (C=O) groups is 1. The number of hydrogen-bond acceptors (Lipinski definition) is 4. The summed E-state index contributed by atoms with van der Waals surface area (Å²) in [4.78, 5) is 11.7. The van der Waals surface area contributed by atoms with Gasteiger partial charge in [0.1, 0.15) is 12.4 Å². The Morgan fingerprint density at radius 3 is 3.00 bits per heavy atom. The number of methoxy groups -OCH3 is 1. The van der Waals surface area contributed by atoms with Gasteiger partial charge in [-0.15, -0.1) is 0 Å². The third-order valence-corrected chi connectivity index (χ3v) is 2.83. The van der Waals surface area contributed by atoms with E-state index >= 15 is 0 Å². The van der Waals surface area contributed by atoms with Crippen molar-refractivity contribution >= 4 is 5.97 Å². The molecule has 17 heavy (non-hydrogen) atoms. The third-order valence-electron chi connectivity index (χ3n) is 2.83. The highest BCUT2D eigenvalue weighted by atomic mass is 16.5. The summed E-state index contributed by atoms with van der Waals surface area (Å²) in [6, 6.07) is 7.51. The number of esters is 1. The first-order valence-electron chi connectivity index (χ1n) is 5.67. The van der Waals surface area contributed by atoms with E-state index in [1.165, 1.54) is 0 Å². The molecule has 1 atom stereocenters. The van der Waals surface area contributed by atoms with E-state index in [2.05, 4.69) is 0 Å².